The monoisotopic (exact) mass is 523 g/mol. The minimum absolute atomic E-state index is 0.00704. The van der Waals surface area contributed by atoms with E-state index in [4.69, 9.17) is 4.99 Å². The Hall–Kier alpha value is -3.80. The van der Waals surface area contributed by atoms with Crippen molar-refractivity contribution in [2.45, 2.75) is 65.1 Å². The van der Waals surface area contributed by atoms with Crippen molar-refractivity contribution in [1.82, 2.24) is 9.80 Å². The van der Waals surface area contributed by atoms with Gasteiger partial charge in [0.15, 0.2) is 0 Å². The minimum atomic E-state index is -0.00704. The Morgan fingerprint density at radius 1 is 0.974 bits per heavy atom. The van der Waals surface area contributed by atoms with Crippen LogP contribution in [0.1, 0.15) is 46.1 Å². The van der Waals surface area contributed by atoms with Gasteiger partial charge in [0, 0.05) is 42.5 Å². The zero-order valence-electron chi connectivity index (χ0n) is 23.8. The molecule has 1 amide bonds. The Balaban J connectivity index is 1.59. The summed E-state index contributed by atoms with van der Waals surface area (Å²) in [6.07, 6.45) is 4.39. The lowest BCUT2D eigenvalue weighted by Crippen LogP contribution is -2.60. The molecule has 0 aromatic heterocycles. The summed E-state index contributed by atoms with van der Waals surface area (Å²) >= 11 is 0. The number of anilines is 2. The zero-order chi connectivity index (χ0) is 27.7. The molecule has 3 aliphatic heterocycles. The van der Waals surface area contributed by atoms with Crippen molar-refractivity contribution < 1.29 is 4.79 Å². The molecule has 0 N–H and O–H groups in total. The van der Waals surface area contributed by atoms with Gasteiger partial charge < -0.3 is 14.7 Å². The molecule has 0 aliphatic carbocycles. The quantitative estimate of drug-likeness (QED) is 0.452. The SMILES string of the molecule is C=CC(=O)N1CC(C)N(C2=NC(=C)N(c3ccccc3CCC)C3=C2CC(C)N(c2ccccc2)C3)CC1C. The second-order valence-electron chi connectivity index (χ2n) is 11.1. The lowest BCUT2D eigenvalue weighted by atomic mass is 9.92. The van der Waals surface area contributed by atoms with Crippen LogP contribution in [0.4, 0.5) is 11.4 Å². The predicted molar refractivity (Wildman–Crippen MR) is 162 cm³/mol. The van der Waals surface area contributed by atoms with E-state index in [0.29, 0.717) is 12.6 Å². The highest BCUT2D eigenvalue weighted by atomic mass is 16.2. The van der Waals surface area contributed by atoms with Gasteiger partial charge in [0.05, 0.1) is 17.9 Å². The third kappa shape index (κ3) is 5.00. The second kappa shape index (κ2) is 11.1. The topological polar surface area (TPSA) is 42.4 Å². The number of para-hydroxylation sites is 2. The van der Waals surface area contributed by atoms with Gasteiger partial charge in [-0.15, -0.1) is 0 Å². The van der Waals surface area contributed by atoms with Crippen LogP contribution in [0.3, 0.4) is 0 Å². The van der Waals surface area contributed by atoms with E-state index in [1.54, 1.807) is 0 Å². The molecule has 3 atom stereocenters. The largest absolute Gasteiger partial charge is 0.363 e. The van der Waals surface area contributed by atoms with Crippen LogP contribution < -0.4 is 9.80 Å². The van der Waals surface area contributed by atoms with Gasteiger partial charge in [0.25, 0.3) is 0 Å². The molecular weight excluding hydrogens is 482 g/mol. The molecule has 3 unspecified atom stereocenters. The third-order valence-electron chi connectivity index (χ3n) is 8.29. The van der Waals surface area contributed by atoms with Crippen LogP contribution in [0.2, 0.25) is 0 Å². The molecule has 1 saturated heterocycles. The molecule has 6 nitrogen and oxygen atoms in total. The van der Waals surface area contributed by atoms with Gasteiger partial charge in [-0.3, -0.25) is 9.69 Å². The minimum Gasteiger partial charge on any atom is -0.363 e. The number of aliphatic imine (C=N–C) groups is 1. The maximum Gasteiger partial charge on any atom is 0.246 e. The van der Waals surface area contributed by atoms with E-state index in [-0.39, 0.29) is 18.0 Å². The van der Waals surface area contributed by atoms with Crippen LogP contribution >= 0.6 is 0 Å². The molecule has 2 aromatic rings. The van der Waals surface area contributed by atoms with Crippen LogP contribution in [0.5, 0.6) is 0 Å². The first-order chi connectivity index (χ1) is 18.8. The number of piperazine rings is 1. The number of aryl methyl sites for hydroxylation is 1. The maximum atomic E-state index is 12.5. The average molecular weight is 524 g/mol. The number of benzene rings is 2. The molecular formula is C33H41N5O. The standard InChI is InChI=1S/C33H41N5O/c1-7-14-27-15-12-13-18-30(27)38-26(6)34-33(37-21-24(4)36(20-25(37)5)32(39)8-2)29-19-23(3)35(22-31(29)38)28-16-10-9-11-17-28/h8-13,15-18,23-25H,2,6-7,14,19-22H2,1,3-5H3. The number of carbonyl (C=O) groups excluding carboxylic acids is 1. The number of amides is 1. The Bertz CT molecular complexity index is 1310. The van der Waals surface area contributed by atoms with Gasteiger partial charge in [-0.2, -0.15) is 0 Å². The van der Waals surface area contributed by atoms with Gasteiger partial charge >= 0.3 is 0 Å². The average Bonchev–Trinajstić information content (AvgIpc) is 2.94. The van der Waals surface area contributed by atoms with Crippen LogP contribution in [0.15, 0.2) is 95.9 Å². The van der Waals surface area contributed by atoms with E-state index in [9.17, 15) is 4.79 Å². The summed E-state index contributed by atoms with van der Waals surface area (Å²) in [5.41, 5.74) is 6.25. The van der Waals surface area contributed by atoms with E-state index in [1.165, 1.54) is 34.3 Å². The smallest absolute Gasteiger partial charge is 0.246 e. The van der Waals surface area contributed by atoms with E-state index in [1.807, 2.05) is 4.90 Å². The van der Waals surface area contributed by atoms with Crippen molar-refractivity contribution in [3.8, 4) is 0 Å². The normalized spacial score (nSPS) is 23.5. The summed E-state index contributed by atoms with van der Waals surface area (Å²) in [5, 5.41) is 0. The van der Waals surface area contributed by atoms with E-state index >= 15 is 0 Å². The number of hydrogen-bond donors (Lipinski definition) is 0. The number of carbonyl (C=O) groups is 1. The first-order valence-electron chi connectivity index (χ1n) is 14.2. The fourth-order valence-corrected chi connectivity index (χ4v) is 6.30. The number of hydrogen-bond acceptors (Lipinski definition) is 5. The van der Waals surface area contributed by atoms with Crippen molar-refractivity contribution in [2.75, 3.05) is 29.4 Å². The van der Waals surface area contributed by atoms with Gasteiger partial charge in [0.2, 0.25) is 5.91 Å². The molecule has 204 valence electrons. The summed E-state index contributed by atoms with van der Waals surface area (Å²) in [5.74, 6) is 1.76. The van der Waals surface area contributed by atoms with Crippen molar-refractivity contribution in [3.63, 3.8) is 0 Å². The van der Waals surface area contributed by atoms with Crippen LogP contribution in [-0.2, 0) is 11.2 Å². The van der Waals surface area contributed by atoms with Crippen molar-refractivity contribution in [2.24, 2.45) is 4.99 Å². The molecule has 0 spiro atoms. The fourth-order valence-electron chi connectivity index (χ4n) is 6.30. The van der Waals surface area contributed by atoms with Gasteiger partial charge in [0.1, 0.15) is 11.7 Å². The molecule has 5 rings (SSSR count). The van der Waals surface area contributed by atoms with Gasteiger partial charge in [-0.25, -0.2) is 4.99 Å². The van der Waals surface area contributed by atoms with Crippen LogP contribution in [-0.4, -0.2) is 59.3 Å². The third-order valence-corrected chi connectivity index (χ3v) is 8.29. The molecule has 3 aliphatic rings. The number of nitrogens with zero attached hydrogens (tertiary/aromatic N) is 5. The summed E-state index contributed by atoms with van der Waals surface area (Å²) < 4.78 is 0. The zero-order valence-corrected chi connectivity index (χ0v) is 23.8. The van der Waals surface area contributed by atoms with Gasteiger partial charge in [-0.1, -0.05) is 62.9 Å². The summed E-state index contributed by atoms with van der Waals surface area (Å²) in [7, 11) is 0. The van der Waals surface area contributed by atoms with Crippen molar-refractivity contribution in [3.05, 3.63) is 96.5 Å². The Labute approximate surface area is 233 Å². The van der Waals surface area contributed by atoms with E-state index in [2.05, 4.69) is 110 Å². The molecule has 6 heteroatoms. The molecule has 0 radical (unpaired) electrons. The molecule has 2 aromatic carbocycles. The summed E-state index contributed by atoms with van der Waals surface area (Å²) in [6.45, 7) is 19.2. The van der Waals surface area contributed by atoms with E-state index < -0.39 is 0 Å². The maximum absolute atomic E-state index is 12.5. The number of rotatable bonds is 5. The predicted octanol–water partition coefficient (Wildman–Crippen LogP) is 5.99. The fraction of sp³-hybridized carbons (Fsp3) is 0.394. The first-order valence-corrected chi connectivity index (χ1v) is 14.2. The lowest BCUT2D eigenvalue weighted by Gasteiger charge is -2.49. The van der Waals surface area contributed by atoms with E-state index in [0.717, 1.165) is 44.0 Å². The second-order valence-corrected chi connectivity index (χ2v) is 11.1. The molecule has 0 saturated carbocycles. The van der Waals surface area contributed by atoms with Crippen molar-refractivity contribution in [1.29, 1.82) is 0 Å². The van der Waals surface area contributed by atoms with Crippen LogP contribution in [0.25, 0.3) is 0 Å². The van der Waals surface area contributed by atoms with Crippen molar-refractivity contribution >= 4 is 23.1 Å². The molecule has 1 fully saturated rings. The molecule has 3 heterocycles. The molecule has 39 heavy (non-hydrogen) atoms. The molecule has 0 bridgehead atoms. The van der Waals surface area contributed by atoms with Crippen LogP contribution in [0, 0.1) is 0 Å². The van der Waals surface area contributed by atoms with Gasteiger partial charge in [-0.05, 0) is 63.5 Å². The highest BCUT2D eigenvalue weighted by molar-refractivity contribution is 6.03. The Morgan fingerprint density at radius 3 is 2.41 bits per heavy atom. The lowest BCUT2D eigenvalue weighted by molar-refractivity contribution is -0.130. The first kappa shape index (κ1) is 26.8. The Kier molecular flexibility index (Phi) is 7.65. The highest BCUT2D eigenvalue weighted by Crippen LogP contribution is 2.40. The summed E-state index contributed by atoms with van der Waals surface area (Å²) in [6, 6.07) is 19.9. The number of amidine groups is 1. The Morgan fingerprint density at radius 2 is 1.69 bits per heavy atom. The summed E-state index contributed by atoms with van der Waals surface area (Å²) in [4.78, 5) is 26.9. The highest BCUT2D eigenvalue weighted by Gasteiger charge is 2.40.